The highest BCUT2D eigenvalue weighted by molar-refractivity contribution is 5.73. The largest absolute Gasteiger partial charge is 0.494 e. The number of carbonyl (C=O) groups excluding carboxylic acids is 1. The van der Waals surface area contributed by atoms with E-state index in [1.54, 1.807) is 19.1 Å². The summed E-state index contributed by atoms with van der Waals surface area (Å²) in [4.78, 5) is 15.5. The number of nitrogens with zero attached hydrogens (tertiary/aromatic N) is 3. The summed E-state index contributed by atoms with van der Waals surface area (Å²) in [6.45, 7) is 6.81. The Morgan fingerprint density at radius 1 is 1.24 bits per heavy atom. The Hall–Kier alpha value is -2.06. The molecule has 1 aromatic carbocycles. The molecular formula is C16H21N3O2. The van der Waals surface area contributed by atoms with Crippen molar-refractivity contribution in [2.24, 2.45) is 0 Å². The molecule has 1 aromatic rings. The van der Waals surface area contributed by atoms with Crippen LogP contribution in [0.25, 0.3) is 0 Å². The van der Waals surface area contributed by atoms with Crippen LogP contribution < -0.4 is 4.74 Å². The second-order valence-electron chi connectivity index (χ2n) is 5.19. The highest BCUT2D eigenvalue weighted by atomic mass is 16.5. The maximum Gasteiger partial charge on any atom is 0.219 e. The second-order valence-corrected chi connectivity index (χ2v) is 5.19. The van der Waals surface area contributed by atoms with Crippen molar-refractivity contribution in [3.8, 4) is 11.8 Å². The number of benzene rings is 1. The summed E-state index contributed by atoms with van der Waals surface area (Å²) in [6, 6.07) is 9.25. The molecule has 2 rings (SSSR count). The van der Waals surface area contributed by atoms with Crippen molar-refractivity contribution in [1.29, 1.82) is 5.26 Å². The monoisotopic (exact) mass is 287 g/mol. The molecule has 0 aromatic heterocycles. The van der Waals surface area contributed by atoms with E-state index in [-0.39, 0.29) is 5.91 Å². The van der Waals surface area contributed by atoms with E-state index in [1.807, 2.05) is 17.0 Å². The lowest BCUT2D eigenvalue weighted by Crippen LogP contribution is -2.48. The average molecular weight is 287 g/mol. The van der Waals surface area contributed by atoms with Crippen LogP contribution in [0.1, 0.15) is 18.9 Å². The van der Waals surface area contributed by atoms with Gasteiger partial charge in [-0.2, -0.15) is 5.26 Å². The Kier molecular flexibility index (Phi) is 5.59. The fraction of sp³-hybridized carbons (Fsp3) is 0.500. The van der Waals surface area contributed by atoms with Gasteiger partial charge in [0.15, 0.2) is 0 Å². The lowest BCUT2D eigenvalue weighted by Gasteiger charge is -2.34. The molecule has 0 aliphatic carbocycles. The predicted molar refractivity (Wildman–Crippen MR) is 80.0 cm³/mol. The van der Waals surface area contributed by atoms with Gasteiger partial charge in [0.1, 0.15) is 5.75 Å². The van der Waals surface area contributed by atoms with Gasteiger partial charge in [0, 0.05) is 39.6 Å². The van der Waals surface area contributed by atoms with Gasteiger partial charge >= 0.3 is 0 Å². The van der Waals surface area contributed by atoms with Gasteiger partial charge in [-0.1, -0.05) is 0 Å². The van der Waals surface area contributed by atoms with Crippen molar-refractivity contribution in [3.05, 3.63) is 29.8 Å². The van der Waals surface area contributed by atoms with E-state index in [0.29, 0.717) is 12.2 Å². The van der Waals surface area contributed by atoms with Crippen molar-refractivity contribution < 1.29 is 9.53 Å². The van der Waals surface area contributed by atoms with Crippen LogP contribution in [0.4, 0.5) is 0 Å². The topological polar surface area (TPSA) is 56.6 Å². The number of hydrogen-bond donors (Lipinski definition) is 0. The maximum absolute atomic E-state index is 11.2. The van der Waals surface area contributed by atoms with Gasteiger partial charge in [-0.25, -0.2) is 0 Å². The van der Waals surface area contributed by atoms with Crippen molar-refractivity contribution in [2.75, 3.05) is 39.3 Å². The van der Waals surface area contributed by atoms with Gasteiger partial charge < -0.3 is 9.64 Å². The molecule has 0 radical (unpaired) electrons. The van der Waals surface area contributed by atoms with Crippen molar-refractivity contribution in [3.63, 3.8) is 0 Å². The van der Waals surface area contributed by atoms with Crippen LogP contribution in [-0.4, -0.2) is 55.0 Å². The van der Waals surface area contributed by atoms with E-state index in [9.17, 15) is 4.79 Å². The molecule has 0 unspecified atom stereocenters. The van der Waals surface area contributed by atoms with E-state index in [1.165, 1.54) is 0 Å². The summed E-state index contributed by atoms with van der Waals surface area (Å²) in [5, 5.41) is 8.72. The van der Waals surface area contributed by atoms with Crippen LogP contribution in [-0.2, 0) is 4.79 Å². The van der Waals surface area contributed by atoms with Gasteiger partial charge in [-0.15, -0.1) is 0 Å². The Morgan fingerprint density at radius 3 is 2.48 bits per heavy atom. The van der Waals surface area contributed by atoms with Gasteiger partial charge in [-0.3, -0.25) is 9.69 Å². The molecule has 1 aliphatic heterocycles. The lowest BCUT2D eigenvalue weighted by molar-refractivity contribution is -0.130. The Labute approximate surface area is 125 Å². The predicted octanol–water partition coefficient (Wildman–Crippen LogP) is 1.49. The third-order valence-electron chi connectivity index (χ3n) is 3.69. The standard InChI is InChI=1S/C16H21N3O2/c1-14(20)19-10-8-18(9-11-19)7-2-12-21-16-5-3-15(13-17)4-6-16/h3-6H,2,7-12H2,1H3. The molecule has 1 fully saturated rings. The van der Waals surface area contributed by atoms with Crippen LogP contribution >= 0.6 is 0 Å². The van der Waals surface area contributed by atoms with E-state index in [0.717, 1.165) is 44.9 Å². The van der Waals surface area contributed by atoms with E-state index >= 15 is 0 Å². The summed E-state index contributed by atoms with van der Waals surface area (Å²) in [5.41, 5.74) is 0.644. The molecule has 0 spiro atoms. The Balaban J connectivity index is 1.62. The van der Waals surface area contributed by atoms with Crippen molar-refractivity contribution in [1.82, 2.24) is 9.80 Å². The number of amides is 1. The normalized spacial score (nSPS) is 15.5. The molecule has 1 heterocycles. The van der Waals surface area contributed by atoms with Gasteiger partial charge in [0.25, 0.3) is 0 Å². The fourth-order valence-corrected chi connectivity index (χ4v) is 2.39. The first-order valence-corrected chi connectivity index (χ1v) is 7.30. The quantitative estimate of drug-likeness (QED) is 0.770. The van der Waals surface area contributed by atoms with E-state index < -0.39 is 0 Å². The van der Waals surface area contributed by atoms with Crippen LogP contribution in [0.2, 0.25) is 0 Å². The average Bonchev–Trinajstić information content (AvgIpc) is 2.52. The molecule has 0 saturated carbocycles. The molecule has 112 valence electrons. The summed E-state index contributed by atoms with van der Waals surface area (Å²) in [6.07, 6.45) is 0.958. The Morgan fingerprint density at radius 2 is 1.90 bits per heavy atom. The number of piperazine rings is 1. The smallest absolute Gasteiger partial charge is 0.219 e. The molecule has 0 bridgehead atoms. The van der Waals surface area contributed by atoms with Gasteiger partial charge in [-0.05, 0) is 30.7 Å². The SMILES string of the molecule is CC(=O)N1CCN(CCCOc2ccc(C#N)cc2)CC1. The third kappa shape index (κ3) is 4.76. The molecule has 1 saturated heterocycles. The highest BCUT2D eigenvalue weighted by Crippen LogP contribution is 2.12. The maximum atomic E-state index is 11.2. The number of ether oxygens (including phenoxy) is 1. The third-order valence-corrected chi connectivity index (χ3v) is 3.69. The minimum Gasteiger partial charge on any atom is -0.494 e. The molecule has 5 nitrogen and oxygen atoms in total. The van der Waals surface area contributed by atoms with E-state index in [2.05, 4.69) is 11.0 Å². The Bertz CT molecular complexity index is 499. The molecule has 0 atom stereocenters. The van der Waals surface area contributed by atoms with E-state index in [4.69, 9.17) is 10.00 Å². The minimum atomic E-state index is 0.166. The zero-order valence-electron chi connectivity index (χ0n) is 12.4. The van der Waals surface area contributed by atoms with Gasteiger partial charge in [0.05, 0.1) is 18.2 Å². The van der Waals surface area contributed by atoms with Crippen molar-refractivity contribution in [2.45, 2.75) is 13.3 Å². The minimum absolute atomic E-state index is 0.166. The summed E-state index contributed by atoms with van der Waals surface area (Å²) in [5.74, 6) is 0.967. The second kappa shape index (κ2) is 7.65. The number of carbonyl (C=O) groups is 1. The van der Waals surface area contributed by atoms with Crippen LogP contribution in [0.5, 0.6) is 5.75 Å². The zero-order valence-corrected chi connectivity index (χ0v) is 12.4. The highest BCUT2D eigenvalue weighted by Gasteiger charge is 2.17. The number of rotatable bonds is 5. The summed E-state index contributed by atoms with van der Waals surface area (Å²) < 4.78 is 5.66. The fourth-order valence-electron chi connectivity index (χ4n) is 2.39. The summed E-state index contributed by atoms with van der Waals surface area (Å²) >= 11 is 0. The van der Waals surface area contributed by atoms with Crippen molar-refractivity contribution >= 4 is 5.91 Å². The molecule has 1 amide bonds. The molecule has 0 N–H and O–H groups in total. The first kappa shape index (κ1) is 15.3. The van der Waals surface area contributed by atoms with Gasteiger partial charge in [0.2, 0.25) is 5.91 Å². The number of hydrogen-bond acceptors (Lipinski definition) is 4. The number of nitriles is 1. The molecule has 1 aliphatic rings. The first-order valence-electron chi connectivity index (χ1n) is 7.30. The van der Waals surface area contributed by atoms with Crippen LogP contribution in [0.15, 0.2) is 24.3 Å². The lowest BCUT2D eigenvalue weighted by atomic mass is 10.2. The molecule has 21 heavy (non-hydrogen) atoms. The molecule has 5 heteroatoms. The van der Waals surface area contributed by atoms with Crippen LogP contribution in [0.3, 0.4) is 0 Å². The zero-order chi connectivity index (χ0) is 15.1. The summed E-state index contributed by atoms with van der Waals surface area (Å²) in [7, 11) is 0. The van der Waals surface area contributed by atoms with Crippen LogP contribution in [0, 0.1) is 11.3 Å². The first-order chi connectivity index (χ1) is 10.2. The molecular weight excluding hydrogens is 266 g/mol.